The van der Waals surface area contributed by atoms with Crippen LogP contribution in [-0.4, -0.2) is 23.9 Å². The molecule has 7 nitrogen and oxygen atoms in total. The summed E-state index contributed by atoms with van der Waals surface area (Å²) in [6.07, 6.45) is 2.73. The number of pyridine rings is 1. The second kappa shape index (κ2) is 8.86. The third kappa shape index (κ3) is 4.28. The summed E-state index contributed by atoms with van der Waals surface area (Å²) in [6.45, 7) is 0. The Morgan fingerprint density at radius 3 is 2.12 bits per heavy atom. The Labute approximate surface area is 196 Å². The van der Waals surface area contributed by atoms with Crippen LogP contribution in [0.5, 0.6) is 17.2 Å². The van der Waals surface area contributed by atoms with Gasteiger partial charge in [0.2, 0.25) is 11.8 Å². The quantitative estimate of drug-likeness (QED) is 0.366. The van der Waals surface area contributed by atoms with Gasteiger partial charge in [0, 0.05) is 29.0 Å². The number of anilines is 2. The van der Waals surface area contributed by atoms with Crippen molar-refractivity contribution in [3.8, 4) is 17.2 Å². The van der Waals surface area contributed by atoms with E-state index < -0.39 is 5.41 Å². The first-order chi connectivity index (χ1) is 16.6. The number of nitrogens with zero attached hydrogens (tertiary/aromatic N) is 1. The zero-order valence-corrected chi connectivity index (χ0v) is 18.6. The van der Waals surface area contributed by atoms with Gasteiger partial charge in [-0.1, -0.05) is 18.2 Å². The Morgan fingerprint density at radius 1 is 0.824 bits per heavy atom. The van der Waals surface area contributed by atoms with Crippen LogP contribution >= 0.6 is 0 Å². The second-order valence-corrected chi connectivity index (χ2v) is 8.17. The summed E-state index contributed by atoms with van der Waals surface area (Å²) < 4.78 is 11.3. The van der Waals surface area contributed by atoms with Gasteiger partial charge in [-0.25, -0.2) is 0 Å². The maximum Gasteiger partial charge on any atom is 0.240 e. The van der Waals surface area contributed by atoms with Gasteiger partial charge in [0.25, 0.3) is 0 Å². The number of amides is 2. The molecular weight excluding hydrogens is 430 g/mol. The lowest BCUT2D eigenvalue weighted by molar-refractivity contribution is -0.131. The van der Waals surface area contributed by atoms with E-state index >= 15 is 0 Å². The fraction of sp³-hybridized carbons (Fsp3) is 0.148. The topological polar surface area (TPSA) is 89.5 Å². The molecule has 0 atom stereocenters. The number of aromatic nitrogens is 1. The van der Waals surface area contributed by atoms with Gasteiger partial charge in [-0.05, 0) is 67.4 Å². The monoisotopic (exact) mass is 453 g/mol. The average Bonchev–Trinajstić information content (AvgIpc) is 3.68. The number of para-hydroxylation sites is 1. The predicted octanol–water partition coefficient (Wildman–Crippen LogP) is 5.39. The standard InChI is InChI=1S/C27H23N3O4/c1-33-21-11-12-22-23(17-21)28-16-13-24(22)34-20-9-7-19(8-10-20)30-26(32)27(14-15-27)25(31)29-18-5-3-2-4-6-18/h2-13,16-17H,14-15H2,1H3,(H,29,31)(H,30,32). The van der Waals surface area contributed by atoms with Crippen molar-refractivity contribution in [2.75, 3.05) is 17.7 Å². The fourth-order valence-corrected chi connectivity index (χ4v) is 3.76. The molecule has 3 aromatic carbocycles. The van der Waals surface area contributed by atoms with Crippen LogP contribution in [0.25, 0.3) is 10.9 Å². The normalized spacial score (nSPS) is 13.7. The van der Waals surface area contributed by atoms with Crippen LogP contribution in [0.15, 0.2) is 85.1 Å². The summed E-state index contributed by atoms with van der Waals surface area (Å²) >= 11 is 0. The van der Waals surface area contributed by atoms with Gasteiger partial charge < -0.3 is 20.1 Å². The van der Waals surface area contributed by atoms with E-state index in [9.17, 15) is 9.59 Å². The van der Waals surface area contributed by atoms with Gasteiger partial charge in [-0.2, -0.15) is 0 Å². The van der Waals surface area contributed by atoms with Crippen molar-refractivity contribution >= 4 is 34.1 Å². The molecule has 0 saturated heterocycles. The molecule has 2 amide bonds. The molecule has 170 valence electrons. The Morgan fingerprint density at radius 2 is 1.47 bits per heavy atom. The first-order valence-electron chi connectivity index (χ1n) is 11.0. The summed E-state index contributed by atoms with van der Waals surface area (Å²) in [6, 6.07) is 23.6. The molecule has 1 aromatic heterocycles. The SMILES string of the molecule is COc1ccc2c(Oc3ccc(NC(=O)C4(C(=O)Nc5ccccc5)CC4)cc3)ccnc2c1. The van der Waals surface area contributed by atoms with Gasteiger partial charge in [0.1, 0.15) is 22.7 Å². The van der Waals surface area contributed by atoms with Crippen LogP contribution < -0.4 is 20.1 Å². The molecule has 0 aliphatic heterocycles. The molecule has 0 spiro atoms. The van der Waals surface area contributed by atoms with Crippen molar-refractivity contribution in [1.82, 2.24) is 4.98 Å². The minimum Gasteiger partial charge on any atom is -0.497 e. The fourth-order valence-electron chi connectivity index (χ4n) is 3.76. The Kier molecular flexibility index (Phi) is 5.59. The number of carbonyl (C=O) groups excluding carboxylic acids is 2. The van der Waals surface area contributed by atoms with Crippen molar-refractivity contribution in [2.24, 2.45) is 5.41 Å². The molecule has 34 heavy (non-hydrogen) atoms. The number of methoxy groups -OCH3 is 1. The number of hydrogen-bond acceptors (Lipinski definition) is 5. The van der Waals surface area contributed by atoms with E-state index in [0.29, 0.717) is 35.7 Å². The number of ether oxygens (including phenoxy) is 2. The van der Waals surface area contributed by atoms with E-state index in [2.05, 4.69) is 15.6 Å². The lowest BCUT2D eigenvalue weighted by atomic mass is 10.0. The van der Waals surface area contributed by atoms with E-state index in [0.717, 1.165) is 16.7 Å². The molecule has 7 heteroatoms. The molecule has 5 rings (SSSR count). The lowest BCUT2D eigenvalue weighted by Crippen LogP contribution is -2.35. The molecule has 1 saturated carbocycles. The average molecular weight is 453 g/mol. The highest BCUT2D eigenvalue weighted by molar-refractivity contribution is 6.16. The predicted molar refractivity (Wildman–Crippen MR) is 130 cm³/mol. The van der Waals surface area contributed by atoms with E-state index in [1.165, 1.54) is 0 Å². The lowest BCUT2D eigenvalue weighted by Gasteiger charge is -2.16. The summed E-state index contributed by atoms with van der Waals surface area (Å²) in [4.78, 5) is 30.0. The Hall–Kier alpha value is -4.39. The molecule has 0 unspecified atom stereocenters. The first-order valence-corrected chi connectivity index (χ1v) is 11.0. The minimum atomic E-state index is -1.03. The zero-order chi connectivity index (χ0) is 23.5. The van der Waals surface area contributed by atoms with Crippen LogP contribution in [0.2, 0.25) is 0 Å². The second-order valence-electron chi connectivity index (χ2n) is 8.17. The van der Waals surface area contributed by atoms with Crippen LogP contribution in [0.4, 0.5) is 11.4 Å². The smallest absolute Gasteiger partial charge is 0.240 e. The van der Waals surface area contributed by atoms with E-state index in [-0.39, 0.29) is 11.8 Å². The number of rotatable bonds is 7. The van der Waals surface area contributed by atoms with Gasteiger partial charge in [0.15, 0.2) is 0 Å². The number of hydrogen-bond donors (Lipinski definition) is 2. The molecule has 0 bridgehead atoms. The largest absolute Gasteiger partial charge is 0.497 e. The molecule has 1 aliphatic rings. The van der Waals surface area contributed by atoms with E-state index in [1.54, 1.807) is 55.8 Å². The van der Waals surface area contributed by atoms with Crippen LogP contribution in [0.1, 0.15) is 12.8 Å². The minimum absolute atomic E-state index is 0.280. The summed E-state index contributed by atoms with van der Waals surface area (Å²) in [7, 11) is 1.61. The molecule has 1 heterocycles. The summed E-state index contributed by atoms with van der Waals surface area (Å²) in [5, 5.41) is 6.56. The first kappa shape index (κ1) is 21.5. The Bertz CT molecular complexity index is 1350. The van der Waals surface area contributed by atoms with Crippen molar-refractivity contribution < 1.29 is 19.1 Å². The number of benzene rings is 3. The molecule has 0 radical (unpaired) electrons. The molecule has 2 N–H and O–H groups in total. The van der Waals surface area contributed by atoms with E-state index in [1.807, 2.05) is 36.4 Å². The maximum absolute atomic E-state index is 12.9. The maximum atomic E-state index is 12.9. The molecule has 4 aromatic rings. The van der Waals surface area contributed by atoms with Gasteiger partial charge in [0.05, 0.1) is 12.6 Å². The van der Waals surface area contributed by atoms with Crippen LogP contribution in [-0.2, 0) is 9.59 Å². The van der Waals surface area contributed by atoms with Crippen molar-refractivity contribution in [3.63, 3.8) is 0 Å². The number of carbonyl (C=O) groups is 2. The highest BCUT2D eigenvalue weighted by Gasteiger charge is 2.56. The van der Waals surface area contributed by atoms with Gasteiger partial charge in [-0.15, -0.1) is 0 Å². The highest BCUT2D eigenvalue weighted by Crippen LogP contribution is 2.47. The van der Waals surface area contributed by atoms with Gasteiger partial charge in [-0.3, -0.25) is 14.6 Å². The van der Waals surface area contributed by atoms with Gasteiger partial charge >= 0.3 is 0 Å². The van der Waals surface area contributed by atoms with E-state index in [4.69, 9.17) is 9.47 Å². The third-order valence-corrected chi connectivity index (χ3v) is 5.90. The number of nitrogens with one attached hydrogen (secondary N) is 2. The molecular formula is C27H23N3O4. The van der Waals surface area contributed by atoms with Crippen LogP contribution in [0, 0.1) is 5.41 Å². The molecule has 1 aliphatic carbocycles. The Balaban J connectivity index is 1.26. The summed E-state index contributed by atoms with van der Waals surface area (Å²) in [5.74, 6) is 1.42. The van der Waals surface area contributed by atoms with Crippen LogP contribution in [0.3, 0.4) is 0 Å². The highest BCUT2D eigenvalue weighted by atomic mass is 16.5. The number of fused-ring (bicyclic) bond motifs is 1. The van der Waals surface area contributed by atoms with Crippen molar-refractivity contribution in [3.05, 3.63) is 85.1 Å². The summed E-state index contributed by atoms with van der Waals surface area (Å²) in [5.41, 5.74) is 1.02. The zero-order valence-electron chi connectivity index (χ0n) is 18.6. The van der Waals surface area contributed by atoms with Crippen molar-refractivity contribution in [2.45, 2.75) is 12.8 Å². The molecule has 1 fully saturated rings. The third-order valence-electron chi connectivity index (χ3n) is 5.90. The van der Waals surface area contributed by atoms with Crippen molar-refractivity contribution in [1.29, 1.82) is 0 Å².